The Morgan fingerprint density at radius 1 is 1.27 bits per heavy atom. The van der Waals surface area contributed by atoms with E-state index in [4.69, 9.17) is 4.99 Å². The number of hydrogen-bond acceptors (Lipinski definition) is 4. The molecule has 3 unspecified atom stereocenters. The van der Waals surface area contributed by atoms with Gasteiger partial charge in [-0.3, -0.25) is 9.98 Å². The van der Waals surface area contributed by atoms with Crippen LogP contribution < -0.4 is 5.32 Å². The van der Waals surface area contributed by atoms with E-state index in [0.717, 1.165) is 29.8 Å². The number of rotatable bonds is 11. The lowest BCUT2D eigenvalue weighted by molar-refractivity contribution is 0.300. The standard InChI is InChI=1S/C26H33N3O/c1-8-18(4)28-19(5)25-23(15-16-26(7,10-3)17-27-20(6)30)21-13-11-12-14-22(21)24(9-2)29-25/h8-14,23,25,27,30H,1-3,5-6,15-17H2,4,7H3. The molecular weight excluding hydrogens is 370 g/mol. The van der Waals surface area contributed by atoms with Gasteiger partial charge >= 0.3 is 0 Å². The third-order valence-electron chi connectivity index (χ3n) is 5.66. The van der Waals surface area contributed by atoms with Crippen molar-refractivity contribution in [3.05, 3.63) is 98.1 Å². The molecule has 0 spiro atoms. The average molecular weight is 404 g/mol. The zero-order chi connectivity index (χ0) is 22.3. The van der Waals surface area contributed by atoms with Gasteiger partial charge < -0.3 is 10.4 Å². The van der Waals surface area contributed by atoms with Crippen molar-refractivity contribution in [1.82, 2.24) is 5.32 Å². The van der Waals surface area contributed by atoms with Crippen molar-refractivity contribution in [2.75, 3.05) is 6.54 Å². The number of nitrogens with one attached hydrogen (secondary N) is 1. The lowest BCUT2D eigenvalue weighted by Gasteiger charge is -2.34. The number of benzene rings is 1. The molecule has 0 saturated heterocycles. The fourth-order valence-electron chi connectivity index (χ4n) is 3.71. The number of fused-ring (bicyclic) bond motifs is 1. The minimum Gasteiger partial charge on any atom is -0.495 e. The number of aliphatic hydroxyl groups excluding tert-OH is 1. The van der Waals surface area contributed by atoms with Crippen molar-refractivity contribution >= 4 is 11.4 Å². The van der Waals surface area contributed by atoms with E-state index < -0.39 is 0 Å². The molecule has 0 bridgehead atoms. The summed E-state index contributed by atoms with van der Waals surface area (Å²) in [6, 6.07) is 8.14. The predicted molar refractivity (Wildman–Crippen MR) is 129 cm³/mol. The highest BCUT2D eigenvalue weighted by Crippen LogP contribution is 2.40. The number of allylic oxidation sites excluding steroid dienone is 2. The van der Waals surface area contributed by atoms with Crippen molar-refractivity contribution in [2.24, 2.45) is 15.4 Å². The molecule has 30 heavy (non-hydrogen) atoms. The van der Waals surface area contributed by atoms with Crippen molar-refractivity contribution in [2.45, 2.75) is 38.6 Å². The molecule has 0 aromatic heterocycles. The summed E-state index contributed by atoms with van der Waals surface area (Å²) in [5.41, 5.74) is 4.51. The quantitative estimate of drug-likeness (QED) is 0.275. The van der Waals surface area contributed by atoms with Crippen molar-refractivity contribution in [3.63, 3.8) is 0 Å². The molecule has 1 aromatic carbocycles. The minimum absolute atomic E-state index is 0.0354. The van der Waals surface area contributed by atoms with Gasteiger partial charge in [0.05, 0.1) is 17.5 Å². The molecule has 0 saturated carbocycles. The number of nitrogens with zero attached hydrogens (tertiary/aromatic N) is 2. The Balaban J connectivity index is 2.41. The highest BCUT2D eigenvalue weighted by atomic mass is 16.3. The molecule has 2 N–H and O–H groups in total. The van der Waals surface area contributed by atoms with Gasteiger partial charge in [-0.05, 0) is 44.1 Å². The fourth-order valence-corrected chi connectivity index (χ4v) is 3.71. The van der Waals surface area contributed by atoms with Crippen molar-refractivity contribution < 1.29 is 5.11 Å². The van der Waals surface area contributed by atoms with Crippen LogP contribution in [0.3, 0.4) is 0 Å². The van der Waals surface area contributed by atoms with E-state index in [1.54, 1.807) is 12.2 Å². The first-order chi connectivity index (χ1) is 14.2. The summed E-state index contributed by atoms with van der Waals surface area (Å²) in [6.45, 7) is 24.1. The number of hydrogen-bond donors (Lipinski definition) is 2. The summed E-state index contributed by atoms with van der Waals surface area (Å²) >= 11 is 0. The van der Waals surface area contributed by atoms with Crippen molar-refractivity contribution in [3.8, 4) is 0 Å². The maximum absolute atomic E-state index is 9.44. The Kier molecular flexibility index (Phi) is 7.76. The third-order valence-corrected chi connectivity index (χ3v) is 5.66. The Morgan fingerprint density at radius 2 is 1.97 bits per heavy atom. The van der Waals surface area contributed by atoms with Gasteiger partial charge in [0.1, 0.15) is 0 Å². The first kappa shape index (κ1) is 23.1. The summed E-state index contributed by atoms with van der Waals surface area (Å²) in [5.74, 6) is 0.0853. The molecule has 0 amide bonds. The van der Waals surface area contributed by atoms with E-state index >= 15 is 0 Å². The molecule has 0 radical (unpaired) electrons. The predicted octanol–water partition coefficient (Wildman–Crippen LogP) is 5.88. The Labute approximate surface area is 180 Å². The molecule has 4 nitrogen and oxygen atoms in total. The maximum atomic E-state index is 9.44. The zero-order valence-corrected chi connectivity index (χ0v) is 18.2. The summed E-state index contributed by atoms with van der Waals surface area (Å²) in [5, 5.41) is 12.4. The second-order valence-electron chi connectivity index (χ2n) is 8.00. The Bertz CT molecular complexity index is 909. The van der Waals surface area contributed by atoms with Crippen LogP contribution >= 0.6 is 0 Å². The molecule has 1 aliphatic rings. The number of aliphatic hydroxyl groups is 1. The Morgan fingerprint density at radius 3 is 2.57 bits per heavy atom. The van der Waals surface area contributed by atoms with Crippen LogP contribution in [0, 0.1) is 5.41 Å². The summed E-state index contributed by atoms with van der Waals surface area (Å²) in [4.78, 5) is 9.59. The molecule has 158 valence electrons. The molecule has 1 aromatic rings. The van der Waals surface area contributed by atoms with E-state index in [9.17, 15) is 5.11 Å². The van der Waals surface area contributed by atoms with Gasteiger partial charge in [-0.15, -0.1) is 6.58 Å². The molecule has 3 atom stereocenters. The molecule has 0 fully saturated rings. The monoisotopic (exact) mass is 403 g/mol. The van der Waals surface area contributed by atoms with E-state index in [-0.39, 0.29) is 23.3 Å². The van der Waals surface area contributed by atoms with E-state index in [1.165, 1.54) is 5.56 Å². The van der Waals surface area contributed by atoms with Gasteiger partial charge in [0.15, 0.2) is 5.88 Å². The van der Waals surface area contributed by atoms with Crippen molar-refractivity contribution in [1.29, 1.82) is 0 Å². The third kappa shape index (κ3) is 5.47. The van der Waals surface area contributed by atoms with Crippen LogP contribution in [0.4, 0.5) is 0 Å². The largest absolute Gasteiger partial charge is 0.495 e. The van der Waals surface area contributed by atoms with Gasteiger partial charge in [0.2, 0.25) is 0 Å². The van der Waals surface area contributed by atoms with E-state index in [0.29, 0.717) is 12.2 Å². The number of aliphatic imine (C=N–C) groups is 2. The summed E-state index contributed by atoms with van der Waals surface area (Å²) < 4.78 is 0. The van der Waals surface area contributed by atoms with Gasteiger partial charge in [-0.25, -0.2) is 0 Å². The zero-order valence-electron chi connectivity index (χ0n) is 18.2. The summed E-state index contributed by atoms with van der Waals surface area (Å²) in [6.07, 6.45) is 7.16. The van der Waals surface area contributed by atoms with Gasteiger partial charge in [0.25, 0.3) is 0 Å². The van der Waals surface area contributed by atoms with Crippen LogP contribution in [0.2, 0.25) is 0 Å². The highest BCUT2D eigenvalue weighted by molar-refractivity contribution is 6.10. The fraction of sp³-hybridized carbons (Fsp3) is 0.308. The molecule has 4 heteroatoms. The molecule has 2 rings (SSSR count). The smallest absolute Gasteiger partial charge is 0.176 e. The molecular formula is C26H33N3O. The second-order valence-corrected chi connectivity index (χ2v) is 8.00. The topological polar surface area (TPSA) is 57.0 Å². The molecule has 1 heterocycles. The maximum Gasteiger partial charge on any atom is 0.176 e. The minimum atomic E-state index is -0.213. The summed E-state index contributed by atoms with van der Waals surface area (Å²) in [7, 11) is 0. The second kappa shape index (κ2) is 10.1. The Hall–Kier alpha value is -3.14. The van der Waals surface area contributed by atoms with Gasteiger partial charge in [0, 0.05) is 29.2 Å². The van der Waals surface area contributed by atoms with Gasteiger partial charge in [-0.2, -0.15) is 0 Å². The van der Waals surface area contributed by atoms with Gasteiger partial charge in [-0.1, -0.05) is 57.0 Å². The lowest BCUT2D eigenvalue weighted by atomic mass is 9.75. The SMILES string of the molecule is C=CC(C)=NC(=C)C1N=C(C=C)c2ccccc2C1CCC(C)(C=C)CNC(=C)O. The van der Waals surface area contributed by atoms with E-state index in [2.05, 4.69) is 68.3 Å². The van der Waals surface area contributed by atoms with Crippen LogP contribution in [0.15, 0.2) is 97.0 Å². The highest BCUT2D eigenvalue weighted by Gasteiger charge is 2.33. The van der Waals surface area contributed by atoms with Crippen LogP contribution in [0.25, 0.3) is 0 Å². The van der Waals surface area contributed by atoms with Crippen LogP contribution in [-0.4, -0.2) is 29.1 Å². The normalized spacial score (nSPS) is 20.2. The molecule has 0 aliphatic carbocycles. The first-order valence-electron chi connectivity index (χ1n) is 10.2. The van der Waals surface area contributed by atoms with Crippen LogP contribution in [0.1, 0.15) is 43.7 Å². The lowest BCUT2D eigenvalue weighted by Crippen LogP contribution is -2.32. The van der Waals surface area contributed by atoms with Crippen LogP contribution in [-0.2, 0) is 0 Å². The average Bonchev–Trinajstić information content (AvgIpc) is 2.75. The van der Waals surface area contributed by atoms with Crippen LogP contribution in [0.5, 0.6) is 0 Å². The van der Waals surface area contributed by atoms with E-state index in [1.807, 2.05) is 19.1 Å². The molecule has 1 aliphatic heterocycles. The first-order valence-corrected chi connectivity index (χ1v) is 10.2.